The van der Waals surface area contributed by atoms with E-state index in [2.05, 4.69) is 52.1 Å². The number of rotatable bonds is 3. The van der Waals surface area contributed by atoms with Gasteiger partial charge in [0.25, 0.3) is 0 Å². The molecule has 3 rings (SSSR count). The van der Waals surface area contributed by atoms with Crippen LogP contribution in [0.25, 0.3) is 0 Å². The summed E-state index contributed by atoms with van der Waals surface area (Å²) in [4.78, 5) is 12.6. The maximum absolute atomic E-state index is 12.6. The Bertz CT molecular complexity index is 496. The monoisotopic (exact) mass is 290 g/mol. The van der Waals surface area contributed by atoms with Crippen molar-refractivity contribution in [1.82, 2.24) is 0 Å². The summed E-state index contributed by atoms with van der Waals surface area (Å²) in [6.07, 6.45) is 7.99. The van der Waals surface area contributed by atoms with Gasteiger partial charge < -0.3 is 4.43 Å². The lowest BCUT2D eigenvalue weighted by atomic mass is 9.85. The van der Waals surface area contributed by atoms with E-state index in [9.17, 15) is 4.79 Å². The molecule has 0 spiro atoms. The lowest BCUT2D eigenvalue weighted by molar-refractivity contribution is -0.119. The first-order chi connectivity index (χ1) is 9.21. The van der Waals surface area contributed by atoms with Crippen LogP contribution in [0.3, 0.4) is 0 Å². The SMILES string of the molecule is CC(C)(C)[Si](C)(C)OCC1=C[C@@H]2[C@H](C1=O)[C@H]1C=C[C@@H]2C1. The van der Waals surface area contributed by atoms with Crippen molar-refractivity contribution in [3.05, 3.63) is 23.8 Å². The van der Waals surface area contributed by atoms with E-state index in [1.165, 1.54) is 6.42 Å². The van der Waals surface area contributed by atoms with Crippen LogP contribution < -0.4 is 0 Å². The Hall–Kier alpha value is -0.673. The van der Waals surface area contributed by atoms with Crippen LogP contribution >= 0.6 is 0 Å². The highest BCUT2D eigenvalue weighted by Crippen LogP contribution is 2.53. The van der Waals surface area contributed by atoms with Crippen molar-refractivity contribution in [2.45, 2.75) is 45.3 Å². The molecule has 3 heteroatoms. The smallest absolute Gasteiger partial charge is 0.192 e. The maximum atomic E-state index is 12.6. The van der Waals surface area contributed by atoms with Gasteiger partial charge in [0.15, 0.2) is 14.1 Å². The summed E-state index contributed by atoms with van der Waals surface area (Å²) >= 11 is 0. The van der Waals surface area contributed by atoms with Gasteiger partial charge in [-0.3, -0.25) is 4.79 Å². The quantitative estimate of drug-likeness (QED) is 0.581. The zero-order valence-corrected chi connectivity index (χ0v) is 14.3. The van der Waals surface area contributed by atoms with Gasteiger partial charge >= 0.3 is 0 Å². The Morgan fingerprint density at radius 1 is 1.25 bits per heavy atom. The molecule has 0 aromatic heterocycles. The highest BCUT2D eigenvalue weighted by Gasteiger charge is 2.51. The topological polar surface area (TPSA) is 26.3 Å². The second kappa shape index (κ2) is 4.41. The molecule has 0 N–H and O–H groups in total. The van der Waals surface area contributed by atoms with E-state index in [0.717, 1.165) is 5.57 Å². The van der Waals surface area contributed by atoms with Gasteiger partial charge in [0.1, 0.15) is 0 Å². The fourth-order valence-electron chi connectivity index (χ4n) is 3.58. The lowest BCUT2D eigenvalue weighted by Gasteiger charge is -2.36. The zero-order valence-electron chi connectivity index (χ0n) is 13.3. The van der Waals surface area contributed by atoms with Gasteiger partial charge in [0.2, 0.25) is 0 Å². The fourth-order valence-corrected chi connectivity index (χ4v) is 4.53. The Kier molecular flexibility index (Phi) is 3.15. The van der Waals surface area contributed by atoms with Gasteiger partial charge in [-0.25, -0.2) is 0 Å². The third kappa shape index (κ3) is 2.06. The summed E-state index contributed by atoms with van der Waals surface area (Å²) in [5, 5.41) is 0.200. The van der Waals surface area contributed by atoms with E-state index in [-0.39, 0.29) is 11.0 Å². The molecule has 4 atom stereocenters. The molecule has 1 saturated carbocycles. The summed E-state index contributed by atoms with van der Waals surface area (Å²) in [7, 11) is -1.77. The second-order valence-electron chi connectivity index (χ2n) is 8.16. The van der Waals surface area contributed by atoms with E-state index in [4.69, 9.17) is 4.43 Å². The minimum absolute atomic E-state index is 0.200. The average molecular weight is 290 g/mol. The van der Waals surface area contributed by atoms with E-state index in [1.807, 2.05) is 0 Å². The highest BCUT2D eigenvalue weighted by molar-refractivity contribution is 6.74. The van der Waals surface area contributed by atoms with Crippen molar-refractivity contribution in [3.8, 4) is 0 Å². The van der Waals surface area contributed by atoms with E-state index in [1.54, 1.807) is 0 Å². The number of hydrogen-bond donors (Lipinski definition) is 0. The van der Waals surface area contributed by atoms with Crippen LogP contribution in [0, 0.1) is 23.7 Å². The molecular weight excluding hydrogens is 264 g/mol. The molecule has 0 aromatic carbocycles. The van der Waals surface area contributed by atoms with Crippen LogP contribution in [0.15, 0.2) is 23.8 Å². The van der Waals surface area contributed by atoms with Gasteiger partial charge in [-0.2, -0.15) is 0 Å². The molecule has 20 heavy (non-hydrogen) atoms. The summed E-state index contributed by atoms with van der Waals surface area (Å²) < 4.78 is 6.23. The first-order valence-electron chi connectivity index (χ1n) is 7.78. The van der Waals surface area contributed by atoms with Crippen molar-refractivity contribution in [3.63, 3.8) is 0 Å². The highest BCUT2D eigenvalue weighted by atomic mass is 28.4. The average Bonchev–Trinajstić information content (AvgIpc) is 2.98. The van der Waals surface area contributed by atoms with Crippen LogP contribution in [0.1, 0.15) is 27.2 Å². The number of fused-ring (bicyclic) bond motifs is 5. The van der Waals surface area contributed by atoms with Crippen LogP contribution in [0.4, 0.5) is 0 Å². The molecule has 2 nitrogen and oxygen atoms in total. The van der Waals surface area contributed by atoms with Crippen LogP contribution in [-0.2, 0) is 9.22 Å². The first kappa shape index (κ1) is 14.3. The van der Waals surface area contributed by atoms with Crippen molar-refractivity contribution in [2.75, 3.05) is 6.61 Å². The Balaban J connectivity index is 1.69. The Morgan fingerprint density at radius 3 is 2.50 bits per heavy atom. The van der Waals surface area contributed by atoms with Gasteiger partial charge in [0, 0.05) is 11.5 Å². The third-order valence-corrected chi connectivity index (χ3v) is 10.4. The molecule has 0 radical (unpaired) electrons. The summed E-state index contributed by atoms with van der Waals surface area (Å²) in [6, 6.07) is 0. The van der Waals surface area contributed by atoms with Crippen molar-refractivity contribution >= 4 is 14.1 Å². The standard InChI is InChI=1S/C17H26O2Si/c1-17(2,3)20(4,5)19-10-13-9-14-11-6-7-12(8-11)15(14)16(13)18/h6-7,9,11-12,14-15H,8,10H2,1-5H3/t11-,12+,14+,15-/m1/s1. The predicted molar refractivity (Wildman–Crippen MR) is 84.0 cm³/mol. The molecule has 0 aromatic rings. The number of Topliss-reactive ketones (excluding diaryl/α,β-unsaturated/α-hetero) is 1. The summed E-state index contributed by atoms with van der Waals surface area (Å²) in [6.45, 7) is 11.7. The molecule has 0 aliphatic heterocycles. The van der Waals surface area contributed by atoms with Crippen molar-refractivity contribution < 1.29 is 9.22 Å². The van der Waals surface area contributed by atoms with Crippen molar-refractivity contribution in [1.29, 1.82) is 0 Å². The number of allylic oxidation sites excluding steroid dienone is 3. The largest absolute Gasteiger partial charge is 0.412 e. The molecule has 3 aliphatic rings. The number of carbonyl (C=O) groups excluding carboxylic acids is 1. The van der Waals surface area contributed by atoms with E-state index < -0.39 is 8.32 Å². The van der Waals surface area contributed by atoms with Crippen molar-refractivity contribution in [2.24, 2.45) is 23.7 Å². The predicted octanol–water partition coefficient (Wildman–Crippen LogP) is 3.96. The Labute approximate surface area is 123 Å². The van der Waals surface area contributed by atoms with Crippen LogP contribution in [-0.4, -0.2) is 20.7 Å². The fraction of sp³-hybridized carbons (Fsp3) is 0.706. The zero-order chi connectivity index (χ0) is 14.7. The van der Waals surface area contributed by atoms with E-state index in [0.29, 0.717) is 30.1 Å². The maximum Gasteiger partial charge on any atom is 0.192 e. The molecule has 1 fully saturated rings. The Morgan fingerprint density at radius 2 is 1.90 bits per heavy atom. The normalized spacial score (nSPS) is 35.6. The number of hydrogen-bond acceptors (Lipinski definition) is 2. The van der Waals surface area contributed by atoms with Crippen LogP contribution in [0.2, 0.25) is 18.1 Å². The minimum atomic E-state index is -1.77. The molecule has 0 saturated heterocycles. The molecule has 0 heterocycles. The molecular formula is C17H26O2Si. The van der Waals surface area contributed by atoms with Crippen LogP contribution in [0.5, 0.6) is 0 Å². The van der Waals surface area contributed by atoms with E-state index >= 15 is 0 Å². The van der Waals surface area contributed by atoms with Gasteiger partial charge in [-0.15, -0.1) is 0 Å². The summed E-state index contributed by atoms with van der Waals surface area (Å²) in [5.41, 5.74) is 0.947. The molecule has 3 aliphatic carbocycles. The molecule has 110 valence electrons. The third-order valence-electron chi connectivity index (χ3n) is 5.93. The minimum Gasteiger partial charge on any atom is -0.412 e. The lowest BCUT2D eigenvalue weighted by Crippen LogP contribution is -2.41. The summed E-state index contributed by atoms with van der Waals surface area (Å²) in [5.74, 6) is 2.18. The van der Waals surface area contributed by atoms with Gasteiger partial charge in [-0.1, -0.05) is 39.0 Å². The van der Waals surface area contributed by atoms with Gasteiger partial charge in [-0.05, 0) is 42.3 Å². The number of ketones is 1. The van der Waals surface area contributed by atoms with Gasteiger partial charge in [0.05, 0.1) is 6.61 Å². The second-order valence-corrected chi connectivity index (χ2v) is 13.0. The molecule has 0 unspecified atom stereocenters. The first-order valence-corrected chi connectivity index (χ1v) is 10.7. The molecule has 2 bridgehead atoms. The molecule has 0 amide bonds. The number of carbonyl (C=O) groups is 1.